The van der Waals surface area contributed by atoms with E-state index >= 15 is 0 Å². The Morgan fingerprint density at radius 1 is 1.33 bits per heavy atom. The predicted molar refractivity (Wildman–Crippen MR) is 86.4 cm³/mol. The number of halogens is 1. The first-order valence-electron chi connectivity index (χ1n) is 7.40. The normalized spacial score (nSPS) is 12.7. The van der Waals surface area contributed by atoms with Crippen LogP contribution in [0.5, 0.6) is 0 Å². The quantitative estimate of drug-likeness (QED) is 0.894. The van der Waals surface area contributed by atoms with Crippen molar-refractivity contribution in [3.05, 3.63) is 41.3 Å². The molecular formula is C17H19FN2O4. The second-order valence-electron chi connectivity index (χ2n) is 6.40. The van der Waals surface area contributed by atoms with Gasteiger partial charge in [-0.15, -0.1) is 0 Å². The SMILES string of the molecule is C[C@H](NC(=O)OC(C)(C)C)c1nc2cccc(F)c2cc1C(=O)O. The summed E-state index contributed by atoms with van der Waals surface area (Å²) in [5, 5.41) is 12.0. The Balaban J connectivity index is 2.41. The maximum Gasteiger partial charge on any atom is 0.408 e. The van der Waals surface area contributed by atoms with Crippen LogP contribution >= 0.6 is 0 Å². The van der Waals surface area contributed by atoms with E-state index in [1.54, 1.807) is 33.8 Å². The molecule has 0 fully saturated rings. The van der Waals surface area contributed by atoms with Gasteiger partial charge in [-0.2, -0.15) is 0 Å². The highest BCUT2D eigenvalue weighted by Gasteiger charge is 2.23. The van der Waals surface area contributed by atoms with Crippen LogP contribution in [0, 0.1) is 5.82 Å². The molecule has 24 heavy (non-hydrogen) atoms. The smallest absolute Gasteiger partial charge is 0.408 e. The summed E-state index contributed by atoms with van der Waals surface area (Å²) < 4.78 is 19.0. The molecule has 0 aliphatic carbocycles. The first kappa shape index (κ1) is 17.7. The lowest BCUT2D eigenvalue weighted by molar-refractivity contribution is 0.0503. The number of aromatic carboxylic acids is 1. The zero-order valence-electron chi connectivity index (χ0n) is 13.9. The van der Waals surface area contributed by atoms with Gasteiger partial charge in [-0.1, -0.05) is 6.07 Å². The van der Waals surface area contributed by atoms with Crippen LogP contribution in [-0.2, 0) is 4.74 Å². The maximum absolute atomic E-state index is 13.8. The Labute approximate surface area is 138 Å². The van der Waals surface area contributed by atoms with Crippen molar-refractivity contribution in [1.82, 2.24) is 10.3 Å². The number of amides is 1. The number of hydrogen-bond acceptors (Lipinski definition) is 4. The van der Waals surface area contributed by atoms with E-state index in [2.05, 4.69) is 10.3 Å². The van der Waals surface area contributed by atoms with Crippen LogP contribution in [-0.4, -0.2) is 27.8 Å². The molecule has 1 amide bonds. The van der Waals surface area contributed by atoms with Crippen molar-refractivity contribution in [2.75, 3.05) is 0 Å². The number of carboxylic acids is 1. The minimum absolute atomic E-state index is 0.114. The summed E-state index contributed by atoms with van der Waals surface area (Å²) in [5.74, 6) is -1.80. The molecule has 2 rings (SSSR count). The van der Waals surface area contributed by atoms with Crippen molar-refractivity contribution in [3.63, 3.8) is 0 Å². The van der Waals surface area contributed by atoms with Crippen molar-refractivity contribution >= 4 is 23.0 Å². The number of carboxylic acid groups (broad SMARTS) is 1. The Morgan fingerprint density at radius 3 is 2.58 bits per heavy atom. The van der Waals surface area contributed by atoms with E-state index in [0.717, 1.165) is 0 Å². The largest absolute Gasteiger partial charge is 0.478 e. The molecule has 0 aliphatic heterocycles. The number of benzene rings is 1. The molecule has 2 N–H and O–H groups in total. The fraction of sp³-hybridized carbons (Fsp3) is 0.353. The van der Waals surface area contributed by atoms with Crippen LogP contribution < -0.4 is 5.32 Å². The molecule has 0 unspecified atom stereocenters. The van der Waals surface area contributed by atoms with E-state index in [0.29, 0.717) is 5.52 Å². The van der Waals surface area contributed by atoms with E-state index in [4.69, 9.17) is 4.74 Å². The van der Waals surface area contributed by atoms with Crippen molar-refractivity contribution < 1.29 is 23.8 Å². The Hall–Kier alpha value is -2.70. The van der Waals surface area contributed by atoms with Gasteiger partial charge < -0.3 is 15.2 Å². The Morgan fingerprint density at radius 2 is 2.00 bits per heavy atom. The molecule has 0 saturated carbocycles. The third-order valence-corrected chi connectivity index (χ3v) is 3.21. The number of ether oxygens (including phenoxy) is 1. The van der Waals surface area contributed by atoms with Gasteiger partial charge in [-0.3, -0.25) is 0 Å². The Bertz CT molecular complexity index is 799. The average molecular weight is 334 g/mol. The van der Waals surface area contributed by atoms with Crippen molar-refractivity contribution in [1.29, 1.82) is 0 Å². The number of carbonyl (C=O) groups excluding carboxylic acids is 1. The topological polar surface area (TPSA) is 88.5 Å². The van der Waals surface area contributed by atoms with Gasteiger partial charge in [0, 0.05) is 5.39 Å². The third kappa shape index (κ3) is 3.98. The average Bonchev–Trinajstić information content (AvgIpc) is 2.44. The van der Waals surface area contributed by atoms with E-state index in [-0.39, 0.29) is 16.6 Å². The van der Waals surface area contributed by atoms with Gasteiger partial charge in [0.05, 0.1) is 22.8 Å². The minimum Gasteiger partial charge on any atom is -0.478 e. The van der Waals surface area contributed by atoms with E-state index < -0.39 is 29.5 Å². The molecular weight excluding hydrogens is 315 g/mol. The molecule has 1 aromatic carbocycles. The number of pyridine rings is 1. The number of nitrogens with zero attached hydrogens (tertiary/aromatic N) is 1. The fourth-order valence-electron chi connectivity index (χ4n) is 2.23. The molecule has 1 heterocycles. The number of nitrogens with one attached hydrogen (secondary N) is 1. The number of hydrogen-bond donors (Lipinski definition) is 2. The van der Waals surface area contributed by atoms with Crippen molar-refractivity contribution in [2.45, 2.75) is 39.3 Å². The first-order valence-corrected chi connectivity index (χ1v) is 7.40. The lowest BCUT2D eigenvalue weighted by Gasteiger charge is -2.22. The molecule has 0 spiro atoms. The molecule has 0 aliphatic rings. The molecule has 0 radical (unpaired) electrons. The zero-order chi connectivity index (χ0) is 18.1. The van der Waals surface area contributed by atoms with Gasteiger partial charge in [0.25, 0.3) is 0 Å². The molecule has 1 atom stereocenters. The lowest BCUT2D eigenvalue weighted by atomic mass is 10.0. The number of aromatic nitrogens is 1. The van der Waals surface area contributed by atoms with Gasteiger partial charge in [-0.25, -0.2) is 19.0 Å². The highest BCUT2D eigenvalue weighted by molar-refractivity contribution is 5.94. The molecule has 0 saturated heterocycles. The second-order valence-corrected chi connectivity index (χ2v) is 6.40. The van der Waals surface area contributed by atoms with Crippen LogP contribution in [0.4, 0.5) is 9.18 Å². The van der Waals surface area contributed by atoms with E-state index in [1.807, 2.05) is 0 Å². The predicted octanol–water partition coefficient (Wildman–Crippen LogP) is 3.66. The van der Waals surface area contributed by atoms with Crippen LogP contribution in [0.15, 0.2) is 24.3 Å². The molecule has 7 heteroatoms. The summed E-state index contributed by atoms with van der Waals surface area (Å²) in [4.78, 5) is 27.6. The summed E-state index contributed by atoms with van der Waals surface area (Å²) in [6.45, 7) is 6.74. The van der Waals surface area contributed by atoms with Crippen LogP contribution in [0.3, 0.4) is 0 Å². The lowest BCUT2D eigenvalue weighted by Crippen LogP contribution is -2.34. The molecule has 128 valence electrons. The van der Waals surface area contributed by atoms with Gasteiger partial charge in [0.1, 0.15) is 11.4 Å². The van der Waals surface area contributed by atoms with Crippen molar-refractivity contribution in [3.8, 4) is 0 Å². The zero-order valence-corrected chi connectivity index (χ0v) is 13.9. The van der Waals surface area contributed by atoms with Crippen molar-refractivity contribution in [2.24, 2.45) is 0 Å². The fourth-order valence-corrected chi connectivity index (χ4v) is 2.23. The number of rotatable bonds is 3. The van der Waals surface area contributed by atoms with Gasteiger partial charge in [0.15, 0.2) is 0 Å². The summed E-state index contributed by atoms with van der Waals surface area (Å²) in [7, 11) is 0. The molecule has 1 aromatic heterocycles. The van der Waals surface area contributed by atoms with Crippen LogP contribution in [0.1, 0.15) is 49.8 Å². The van der Waals surface area contributed by atoms with Crippen LogP contribution in [0.25, 0.3) is 10.9 Å². The third-order valence-electron chi connectivity index (χ3n) is 3.21. The highest BCUT2D eigenvalue weighted by atomic mass is 19.1. The maximum atomic E-state index is 13.8. The van der Waals surface area contributed by atoms with Gasteiger partial charge in [0.2, 0.25) is 0 Å². The van der Waals surface area contributed by atoms with Gasteiger partial charge in [-0.05, 0) is 45.9 Å². The number of fused-ring (bicyclic) bond motifs is 1. The highest BCUT2D eigenvalue weighted by Crippen LogP contribution is 2.24. The molecule has 0 bridgehead atoms. The van der Waals surface area contributed by atoms with Crippen LogP contribution in [0.2, 0.25) is 0 Å². The monoisotopic (exact) mass is 334 g/mol. The first-order chi connectivity index (χ1) is 11.1. The Kier molecular flexibility index (Phi) is 4.73. The summed E-state index contributed by atoms with van der Waals surface area (Å²) >= 11 is 0. The summed E-state index contributed by atoms with van der Waals surface area (Å²) in [6.07, 6.45) is -0.688. The summed E-state index contributed by atoms with van der Waals surface area (Å²) in [5.41, 5.74) is -0.408. The van der Waals surface area contributed by atoms with Gasteiger partial charge >= 0.3 is 12.1 Å². The second kappa shape index (κ2) is 6.43. The number of carbonyl (C=O) groups is 2. The number of alkyl carbamates (subject to hydrolysis) is 1. The van der Waals surface area contributed by atoms with E-state index in [9.17, 15) is 19.1 Å². The molecule has 6 nitrogen and oxygen atoms in total. The standard InChI is InChI=1S/C17H19FN2O4/c1-9(19-16(23)24-17(2,3)4)14-11(15(21)22)8-10-12(18)6-5-7-13(10)20-14/h5-9H,1-4H3,(H,19,23)(H,21,22)/t9-/m0/s1. The van der Waals surface area contributed by atoms with E-state index in [1.165, 1.54) is 18.2 Å². The molecule has 2 aromatic rings. The minimum atomic E-state index is -1.25. The summed E-state index contributed by atoms with van der Waals surface area (Å²) in [6, 6.07) is 4.80.